The van der Waals surface area contributed by atoms with Crippen LogP contribution in [-0.4, -0.2) is 40.3 Å². The van der Waals surface area contributed by atoms with Crippen LogP contribution in [0.4, 0.5) is 4.79 Å². The van der Waals surface area contributed by atoms with Crippen LogP contribution in [-0.2, 0) is 9.53 Å². The molecule has 5 heteroatoms. The van der Waals surface area contributed by atoms with Crippen molar-refractivity contribution in [1.82, 2.24) is 4.90 Å². The first-order chi connectivity index (χ1) is 8.13. The Morgan fingerprint density at radius 1 is 1.33 bits per heavy atom. The van der Waals surface area contributed by atoms with E-state index in [9.17, 15) is 14.7 Å². The highest BCUT2D eigenvalue weighted by Gasteiger charge is 2.44. The van der Waals surface area contributed by atoms with Gasteiger partial charge in [-0.15, -0.1) is 0 Å². The van der Waals surface area contributed by atoms with Crippen LogP contribution in [0, 0.1) is 11.8 Å². The Labute approximate surface area is 108 Å². The van der Waals surface area contributed by atoms with Crippen molar-refractivity contribution in [3.05, 3.63) is 0 Å². The van der Waals surface area contributed by atoms with E-state index < -0.39 is 23.6 Å². The molecule has 0 saturated carbocycles. The van der Waals surface area contributed by atoms with E-state index in [2.05, 4.69) is 0 Å². The molecule has 1 saturated heterocycles. The van der Waals surface area contributed by atoms with E-state index in [-0.39, 0.29) is 12.0 Å². The van der Waals surface area contributed by atoms with Gasteiger partial charge < -0.3 is 14.7 Å². The molecule has 1 heterocycles. The number of likely N-dealkylation sites (tertiary alicyclic amines) is 1. The molecule has 2 atom stereocenters. The summed E-state index contributed by atoms with van der Waals surface area (Å²) in [6.45, 7) is 9.72. The van der Waals surface area contributed by atoms with E-state index >= 15 is 0 Å². The molecule has 1 fully saturated rings. The second-order valence-corrected chi connectivity index (χ2v) is 6.14. The highest BCUT2D eigenvalue weighted by molar-refractivity contribution is 5.75. The highest BCUT2D eigenvalue weighted by Crippen LogP contribution is 2.31. The predicted molar refractivity (Wildman–Crippen MR) is 67.3 cm³/mol. The molecular weight excluding hydrogens is 234 g/mol. The van der Waals surface area contributed by atoms with Crippen LogP contribution in [0.1, 0.15) is 41.0 Å². The molecule has 1 aliphatic rings. The monoisotopic (exact) mass is 257 g/mol. The molecule has 1 aliphatic heterocycles. The molecule has 1 amide bonds. The number of nitrogens with zero attached hydrogens (tertiary/aromatic N) is 1. The lowest BCUT2D eigenvalue weighted by Gasteiger charge is -2.45. The quantitative estimate of drug-likeness (QED) is 0.842. The zero-order chi connectivity index (χ0) is 14.1. The lowest BCUT2D eigenvalue weighted by molar-refractivity contribution is -0.148. The van der Waals surface area contributed by atoms with Gasteiger partial charge in [-0.3, -0.25) is 4.79 Å². The Morgan fingerprint density at radius 2 is 1.89 bits per heavy atom. The van der Waals surface area contributed by atoms with Gasteiger partial charge in [0.2, 0.25) is 0 Å². The number of carbonyl (C=O) groups excluding carboxylic acids is 1. The highest BCUT2D eigenvalue weighted by atomic mass is 16.6. The number of hydrogen-bond donors (Lipinski definition) is 1. The van der Waals surface area contributed by atoms with E-state index in [0.29, 0.717) is 6.54 Å². The van der Waals surface area contributed by atoms with Crippen molar-refractivity contribution in [3.63, 3.8) is 0 Å². The number of carboxylic acid groups (broad SMARTS) is 1. The molecule has 1 N–H and O–H groups in total. The van der Waals surface area contributed by atoms with Gasteiger partial charge in [0.25, 0.3) is 0 Å². The number of rotatable bonds is 3. The second kappa shape index (κ2) is 5.16. The molecule has 5 nitrogen and oxygen atoms in total. The number of aliphatic carboxylic acids is 1. The molecule has 0 aromatic carbocycles. The van der Waals surface area contributed by atoms with Gasteiger partial charge >= 0.3 is 12.1 Å². The van der Waals surface area contributed by atoms with Crippen LogP contribution in [0.5, 0.6) is 0 Å². The molecule has 18 heavy (non-hydrogen) atoms. The summed E-state index contributed by atoms with van der Waals surface area (Å²) in [6.07, 6.45) is 0.319. The Bertz CT molecular complexity index is 332. The molecule has 0 aliphatic carbocycles. The Hall–Kier alpha value is -1.26. The largest absolute Gasteiger partial charge is 0.481 e. The minimum atomic E-state index is -0.844. The lowest BCUT2D eigenvalue weighted by Crippen LogP contribution is -2.58. The first-order valence-electron chi connectivity index (χ1n) is 6.36. The van der Waals surface area contributed by atoms with Crippen molar-refractivity contribution < 1.29 is 19.4 Å². The molecule has 1 rings (SSSR count). The van der Waals surface area contributed by atoms with Crippen LogP contribution in [0.2, 0.25) is 0 Å². The van der Waals surface area contributed by atoms with Crippen LogP contribution in [0.15, 0.2) is 0 Å². The Morgan fingerprint density at radius 3 is 2.17 bits per heavy atom. The third-order valence-electron chi connectivity index (χ3n) is 3.11. The van der Waals surface area contributed by atoms with Gasteiger partial charge in [0.15, 0.2) is 0 Å². The normalized spacial score (nSPS) is 21.4. The van der Waals surface area contributed by atoms with Crippen molar-refractivity contribution >= 4 is 12.1 Å². The molecule has 2 unspecified atom stereocenters. The van der Waals surface area contributed by atoms with Crippen molar-refractivity contribution in [2.24, 2.45) is 11.8 Å². The van der Waals surface area contributed by atoms with Crippen LogP contribution in [0.3, 0.4) is 0 Å². The van der Waals surface area contributed by atoms with Crippen molar-refractivity contribution in [2.45, 2.75) is 52.7 Å². The molecule has 0 radical (unpaired) electrons. The number of amides is 1. The molecule has 0 bridgehead atoms. The van der Waals surface area contributed by atoms with Gasteiger partial charge in [-0.05, 0) is 33.1 Å². The smallest absolute Gasteiger partial charge is 0.410 e. The third kappa shape index (κ3) is 3.37. The van der Waals surface area contributed by atoms with E-state index in [0.717, 1.165) is 6.42 Å². The number of ether oxygens (including phenoxy) is 1. The fraction of sp³-hybridized carbons (Fsp3) is 0.846. The zero-order valence-corrected chi connectivity index (χ0v) is 11.8. The SMILES string of the molecule is CC(C)C(C(=O)O)C1CCN1C(=O)OC(C)(C)C. The van der Waals surface area contributed by atoms with Crippen molar-refractivity contribution in [2.75, 3.05) is 6.54 Å². The summed E-state index contributed by atoms with van der Waals surface area (Å²) in [5.41, 5.74) is -0.548. The first-order valence-corrected chi connectivity index (χ1v) is 6.36. The second-order valence-electron chi connectivity index (χ2n) is 6.14. The maximum atomic E-state index is 11.9. The molecule has 0 aromatic heterocycles. The summed E-state index contributed by atoms with van der Waals surface area (Å²) in [4.78, 5) is 24.7. The van der Waals surface area contributed by atoms with E-state index in [1.54, 1.807) is 20.8 Å². The summed E-state index contributed by atoms with van der Waals surface area (Å²) in [6, 6.07) is -0.239. The minimum Gasteiger partial charge on any atom is -0.481 e. The number of hydrogen-bond acceptors (Lipinski definition) is 3. The van der Waals surface area contributed by atoms with Gasteiger partial charge in [0, 0.05) is 6.54 Å². The van der Waals surface area contributed by atoms with E-state index in [4.69, 9.17) is 4.74 Å². The summed E-state index contributed by atoms with van der Waals surface area (Å²) >= 11 is 0. The molecule has 0 spiro atoms. The predicted octanol–water partition coefficient (Wildman–Crippen LogP) is 2.35. The first kappa shape index (κ1) is 14.8. The molecular formula is C13H23NO4. The van der Waals surface area contributed by atoms with Crippen LogP contribution in [0.25, 0.3) is 0 Å². The average Bonchev–Trinajstić information content (AvgIpc) is 2.06. The van der Waals surface area contributed by atoms with Crippen LogP contribution >= 0.6 is 0 Å². The standard InChI is InChI=1S/C13H23NO4/c1-8(2)10(11(15)16)9-6-7-14(9)12(17)18-13(3,4)5/h8-10H,6-7H2,1-5H3,(H,15,16). The number of carbonyl (C=O) groups is 2. The Balaban J connectivity index is 2.70. The summed E-state index contributed by atoms with van der Waals surface area (Å²) in [5, 5.41) is 9.23. The lowest BCUT2D eigenvalue weighted by atomic mass is 9.82. The maximum Gasteiger partial charge on any atom is 0.410 e. The maximum absolute atomic E-state index is 11.9. The van der Waals surface area contributed by atoms with Gasteiger partial charge in [0.1, 0.15) is 5.60 Å². The fourth-order valence-corrected chi connectivity index (χ4v) is 2.22. The Kier molecular flexibility index (Phi) is 4.24. The topological polar surface area (TPSA) is 66.8 Å². The van der Waals surface area contributed by atoms with Crippen molar-refractivity contribution in [3.8, 4) is 0 Å². The summed E-state index contributed by atoms with van der Waals surface area (Å²) in [7, 11) is 0. The minimum absolute atomic E-state index is 0.00210. The van der Waals surface area contributed by atoms with E-state index in [1.165, 1.54) is 4.90 Å². The fourth-order valence-electron chi connectivity index (χ4n) is 2.22. The zero-order valence-electron chi connectivity index (χ0n) is 11.8. The van der Waals surface area contributed by atoms with Gasteiger partial charge in [-0.25, -0.2) is 4.79 Å². The molecule has 0 aromatic rings. The van der Waals surface area contributed by atoms with Gasteiger partial charge in [-0.1, -0.05) is 13.8 Å². The van der Waals surface area contributed by atoms with Crippen LogP contribution < -0.4 is 0 Å². The third-order valence-corrected chi connectivity index (χ3v) is 3.11. The van der Waals surface area contributed by atoms with Crippen molar-refractivity contribution in [1.29, 1.82) is 0 Å². The molecule has 104 valence electrons. The average molecular weight is 257 g/mol. The van der Waals surface area contributed by atoms with Gasteiger partial charge in [-0.2, -0.15) is 0 Å². The van der Waals surface area contributed by atoms with Gasteiger partial charge in [0.05, 0.1) is 12.0 Å². The summed E-state index contributed by atoms with van der Waals surface area (Å²) in [5.74, 6) is -1.37. The van der Waals surface area contributed by atoms with E-state index in [1.807, 2.05) is 13.8 Å². The number of carboxylic acids is 1. The summed E-state index contributed by atoms with van der Waals surface area (Å²) < 4.78 is 5.28.